The monoisotopic (exact) mass is 432 g/mol. The number of nitrogens with one attached hydrogen (secondary N) is 1. The zero-order valence-corrected chi connectivity index (χ0v) is 16.6. The summed E-state index contributed by atoms with van der Waals surface area (Å²) in [6, 6.07) is 7.56. The van der Waals surface area contributed by atoms with Gasteiger partial charge in [0, 0.05) is 42.3 Å². The summed E-state index contributed by atoms with van der Waals surface area (Å²) in [7, 11) is 0. The molecule has 1 aromatic carbocycles. The molecule has 162 valence electrons. The first-order valence-corrected chi connectivity index (χ1v) is 9.72. The number of likely N-dealkylation sites (tertiary alicyclic amines) is 1. The van der Waals surface area contributed by atoms with E-state index in [4.69, 9.17) is 4.52 Å². The normalized spacial score (nSPS) is 15.3. The van der Waals surface area contributed by atoms with Crippen molar-refractivity contribution in [2.75, 3.05) is 13.1 Å². The van der Waals surface area contributed by atoms with Gasteiger partial charge in [0.15, 0.2) is 5.76 Å². The Morgan fingerprint density at radius 3 is 2.58 bits per heavy atom. The molecule has 10 heteroatoms. The molecule has 0 unspecified atom stereocenters. The van der Waals surface area contributed by atoms with Crippen molar-refractivity contribution < 1.29 is 22.5 Å². The Hall–Kier alpha value is -3.43. The highest BCUT2D eigenvalue weighted by atomic mass is 19.4. The Morgan fingerprint density at radius 1 is 1.19 bits per heavy atom. The smallest absolute Gasteiger partial charge is 0.356 e. The van der Waals surface area contributed by atoms with Gasteiger partial charge in [0.05, 0.1) is 17.0 Å². The third kappa shape index (κ3) is 4.37. The van der Waals surface area contributed by atoms with Crippen LogP contribution in [0.2, 0.25) is 0 Å². The largest absolute Gasteiger partial charge is 0.416 e. The van der Waals surface area contributed by atoms with Crippen molar-refractivity contribution in [3.63, 3.8) is 0 Å². The molecule has 2 aromatic heterocycles. The van der Waals surface area contributed by atoms with Crippen LogP contribution in [-0.2, 0) is 6.18 Å². The first kappa shape index (κ1) is 20.8. The molecule has 1 N–H and O–H groups in total. The van der Waals surface area contributed by atoms with E-state index in [1.165, 1.54) is 23.1 Å². The number of aromatic nitrogens is 3. The number of piperidine rings is 1. The zero-order valence-electron chi connectivity index (χ0n) is 16.6. The van der Waals surface area contributed by atoms with Gasteiger partial charge in [-0.2, -0.15) is 18.3 Å². The number of aryl methyl sites for hydroxylation is 1. The maximum Gasteiger partial charge on any atom is 0.416 e. The van der Waals surface area contributed by atoms with Crippen LogP contribution in [0.1, 0.15) is 46.1 Å². The fourth-order valence-corrected chi connectivity index (χ4v) is 3.78. The first-order chi connectivity index (χ1) is 14.7. The van der Waals surface area contributed by atoms with Gasteiger partial charge < -0.3 is 9.42 Å². The number of carbonyl (C=O) groups excluding carboxylic acids is 1. The second-order valence-corrected chi connectivity index (χ2v) is 7.51. The summed E-state index contributed by atoms with van der Waals surface area (Å²) in [4.78, 5) is 26.1. The average Bonchev–Trinajstić information content (AvgIpc) is 3.19. The number of aromatic amines is 1. The third-order valence-corrected chi connectivity index (χ3v) is 5.34. The maximum atomic E-state index is 13.0. The number of benzene rings is 1. The highest BCUT2D eigenvalue weighted by molar-refractivity contribution is 5.94. The quantitative estimate of drug-likeness (QED) is 0.680. The minimum atomic E-state index is -4.51. The van der Waals surface area contributed by atoms with E-state index in [9.17, 15) is 22.8 Å². The number of H-pyrrole nitrogens is 1. The molecule has 0 radical (unpaired) electrons. The fourth-order valence-electron chi connectivity index (χ4n) is 3.78. The number of nitrogens with zero attached hydrogens (tertiary/aromatic N) is 3. The second-order valence-electron chi connectivity index (χ2n) is 7.51. The van der Waals surface area contributed by atoms with Gasteiger partial charge in [0.1, 0.15) is 0 Å². The van der Waals surface area contributed by atoms with Gasteiger partial charge in [-0.25, -0.2) is 5.10 Å². The van der Waals surface area contributed by atoms with Gasteiger partial charge in [-0.1, -0.05) is 11.2 Å². The van der Waals surface area contributed by atoms with Crippen molar-refractivity contribution in [1.29, 1.82) is 0 Å². The van der Waals surface area contributed by atoms with Crippen molar-refractivity contribution in [2.45, 2.75) is 31.9 Å². The molecule has 0 saturated carbocycles. The van der Waals surface area contributed by atoms with E-state index in [-0.39, 0.29) is 17.0 Å². The van der Waals surface area contributed by atoms with E-state index >= 15 is 0 Å². The molecule has 1 amide bonds. The number of carbonyl (C=O) groups is 1. The van der Waals surface area contributed by atoms with E-state index in [0.717, 1.165) is 12.1 Å². The van der Waals surface area contributed by atoms with E-state index in [2.05, 4.69) is 15.4 Å². The lowest BCUT2D eigenvalue weighted by atomic mass is 9.89. The SMILES string of the molecule is Cc1cc(-c2cc(=O)[nH]nc2C2CCN(C(=O)c3cccc(C(F)(F)F)c3)CC2)on1. The van der Waals surface area contributed by atoms with Crippen LogP contribution in [-0.4, -0.2) is 39.3 Å². The molecule has 0 bridgehead atoms. The van der Waals surface area contributed by atoms with Gasteiger partial charge in [0.25, 0.3) is 11.5 Å². The summed E-state index contributed by atoms with van der Waals surface area (Å²) >= 11 is 0. The van der Waals surface area contributed by atoms with Crippen molar-refractivity contribution in [3.8, 4) is 11.3 Å². The highest BCUT2D eigenvalue weighted by Gasteiger charge is 2.32. The van der Waals surface area contributed by atoms with Crippen molar-refractivity contribution in [3.05, 3.63) is 69.3 Å². The summed E-state index contributed by atoms with van der Waals surface area (Å²) in [6.07, 6.45) is -3.41. The molecule has 1 saturated heterocycles. The van der Waals surface area contributed by atoms with E-state index in [1.54, 1.807) is 13.0 Å². The summed E-state index contributed by atoms with van der Waals surface area (Å²) in [6.45, 7) is 2.48. The molecule has 7 nitrogen and oxygen atoms in total. The number of amides is 1. The molecule has 0 aliphatic carbocycles. The standard InChI is InChI=1S/C21H19F3N4O3/c1-12-9-17(31-27-12)16-11-18(29)25-26-19(16)13-5-7-28(8-6-13)20(30)14-3-2-4-15(10-14)21(22,23)24/h2-4,9-11,13H,5-8H2,1H3,(H,25,29). The van der Waals surface area contributed by atoms with Gasteiger partial charge >= 0.3 is 6.18 Å². The van der Waals surface area contributed by atoms with Crippen LogP contribution in [0, 0.1) is 6.92 Å². The number of hydrogen-bond donors (Lipinski definition) is 1. The molecule has 3 aromatic rings. The number of halogens is 3. The van der Waals surface area contributed by atoms with Gasteiger partial charge in [-0.15, -0.1) is 0 Å². The van der Waals surface area contributed by atoms with Crippen molar-refractivity contribution in [1.82, 2.24) is 20.3 Å². The number of alkyl halides is 3. The molecule has 3 heterocycles. The lowest BCUT2D eigenvalue weighted by molar-refractivity contribution is -0.137. The summed E-state index contributed by atoms with van der Waals surface area (Å²) in [5, 5.41) is 10.5. The summed E-state index contributed by atoms with van der Waals surface area (Å²) in [5.74, 6) is -0.0542. The van der Waals surface area contributed by atoms with Crippen LogP contribution in [0.15, 0.2) is 45.7 Å². The Kier molecular flexibility index (Phi) is 5.38. The highest BCUT2D eigenvalue weighted by Crippen LogP contribution is 2.34. The number of rotatable bonds is 3. The molecule has 1 aliphatic rings. The molecule has 0 spiro atoms. The van der Waals surface area contributed by atoms with Gasteiger partial charge in [-0.3, -0.25) is 9.59 Å². The second kappa shape index (κ2) is 8.01. The van der Waals surface area contributed by atoms with Crippen LogP contribution in [0.4, 0.5) is 13.2 Å². The summed E-state index contributed by atoms with van der Waals surface area (Å²) < 4.78 is 44.1. The molecule has 31 heavy (non-hydrogen) atoms. The Labute approximate surface area is 174 Å². The molecular formula is C21H19F3N4O3. The van der Waals surface area contributed by atoms with Gasteiger partial charge in [-0.05, 0) is 38.0 Å². The van der Waals surface area contributed by atoms with Crippen LogP contribution < -0.4 is 5.56 Å². The maximum absolute atomic E-state index is 13.0. The van der Waals surface area contributed by atoms with Gasteiger partial charge in [0.2, 0.25) is 0 Å². The van der Waals surface area contributed by atoms with Crippen LogP contribution >= 0.6 is 0 Å². The van der Waals surface area contributed by atoms with E-state index in [0.29, 0.717) is 48.6 Å². The predicted octanol–water partition coefficient (Wildman–Crippen LogP) is 3.77. The Bertz CT molecular complexity index is 1160. The van der Waals surface area contributed by atoms with Crippen molar-refractivity contribution in [2.24, 2.45) is 0 Å². The molecule has 1 aliphatic heterocycles. The summed E-state index contributed by atoms with van der Waals surface area (Å²) in [5.41, 5.74) is 0.646. The Balaban J connectivity index is 1.51. The minimum absolute atomic E-state index is 0.00765. The molecule has 1 fully saturated rings. The molecule has 4 rings (SSSR count). The minimum Gasteiger partial charge on any atom is -0.356 e. The Morgan fingerprint density at radius 2 is 1.94 bits per heavy atom. The first-order valence-electron chi connectivity index (χ1n) is 9.72. The number of hydrogen-bond acceptors (Lipinski definition) is 5. The lowest BCUT2D eigenvalue weighted by Crippen LogP contribution is -2.38. The van der Waals surface area contributed by atoms with Crippen LogP contribution in [0.5, 0.6) is 0 Å². The fraction of sp³-hybridized carbons (Fsp3) is 0.333. The lowest BCUT2D eigenvalue weighted by Gasteiger charge is -2.32. The third-order valence-electron chi connectivity index (χ3n) is 5.34. The van der Waals surface area contributed by atoms with E-state index < -0.39 is 17.6 Å². The molecule has 0 atom stereocenters. The average molecular weight is 432 g/mol. The zero-order chi connectivity index (χ0) is 22.2. The topological polar surface area (TPSA) is 92.1 Å². The van der Waals surface area contributed by atoms with Crippen LogP contribution in [0.25, 0.3) is 11.3 Å². The van der Waals surface area contributed by atoms with Crippen molar-refractivity contribution >= 4 is 5.91 Å². The van der Waals surface area contributed by atoms with E-state index in [1.807, 2.05) is 0 Å². The predicted molar refractivity (Wildman–Crippen MR) is 104 cm³/mol. The van der Waals surface area contributed by atoms with Crippen LogP contribution in [0.3, 0.4) is 0 Å². The molecular weight excluding hydrogens is 413 g/mol.